The highest BCUT2D eigenvalue weighted by atomic mass is 79.9. The summed E-state index contributed by atoms with van der Waals surface area (Å²) in [6.07, 6.45) is 2.51. The van der Waals surface area contributed by atoms with Gasteiger partial charge in [-0.25, -0.2) is 4.39 Å². The quantitative estimate of drug-likeness (QED) is 0.839. The Hall–Kier alpha value is -1.33. The monoisotopic (exact) mass is 353 g/mol. The van der Waals surface area contributed by atoms with Crippen molar-refractivity contribution in [3.8, 4) is 5.75 Å². The Morgan fingerprint density at radius 3 is 2.90 bits per heavy atom. The number of hydrogen-bond donors (Lipinski definition) is 1. The van der Waals surface area contributed by atoms with Crippen LogP contribution in [-0.2, 0) is 13.2 Å². The minimum Gasteiger partial charge on any atom is -0.489 e. The molecule has 0 spiro atoms. The van der Waals surface area contributed by atoms with Crippen molar-refractivity contribution in [3.05, 3.63) is 51.6 Å². The van der Waals surface area contributed by atoms with Crippen molar-refractivity contribution in [2.75, 3.05) is 0 Å². The summed E-state index contributed by atoms with van der Waals surface area (Å²) >= 11 is 3.12. The highest BCUT2D eigenvalue weighted by Crippen LogP contribution is 2.24. The van der Waals surface area contributed by atoms with Crippen LogP contribution < -0.4 is 10.1 Å². The minimum atomic E-state index is -0.328. The summed E-state index contributed by atoms with van der Waals surface area (Å²) in [6.45, 7) is 3.04. The second kappa shape index (κ2) is 6.20. The maximum atomic E-state index is 13.4. The Morgan fingerprint density at radius 1 is 1.38 bits per heavy atom. The smallest absolute Gasteiger partial charge is 0.141 e. The third-order valence-electron chi connectivity index (χ3n) is 3.50. The van der Waals surface area contributed by atoms with E-state index >= 15 is 0 Å². The van der Waals surface area contributed by atoms with Crippen LogP contribution in [0.3, 0.4) is 0 Å². The molecule has 112 valence electrons. The molecule has 3 nitrogen and oxygen atoms in total. The van der Waals surface area contributed by atoms with Crippen LogP contribution in [0.1, 0.15) is 29.9 Å². The van der Waals surface area contributed by atoms with E-state index in [1.807, 2.05) is 13.0 Å². The van der Waals surface area contributed by atoms with Gasteiger partial charge < -0.3 is 14.5 Å². The first-order valence-corrected chi connectivity index (χ1v) is 7.80. The Bertz CT molecular complexity index is 637. The van der Waals surface area contributed by atoms with Crippen LogP contribution in [0.4, 0.5) is 4.39 Å². The molecular weight excluding hydrogens is 337 g/mol. The third kappa shape index (κ3) is 3.86. The predicted molar refractivity (Wildman–Crippen MR) is 81.7 cm³/mol. The lowest BCUT2D eigenvalue weighted by Gasteiger charge is -2.05. The third-order valence-corrected chi connectivity index (χ3v) is 4.14. The molecule has 3 rings (SSSR count). The molecule has 1 aliphatic carbocycles. The number of hydrogen-bond acceptors (Lipinski definition) is 3. The number of halogens is 2. The summed E-state index contributed by atoms with van der Waals surface area (Å²) in [6, 6.07) is 7.39. The summed E-state index contributed by atoms with van der Waals surface area (Å²) in [5.74, 6) is 1.94. The summed E-state index contributed by atoms with van der Waals surface area (Å²) in [7, 11) is 0. The number of aryl methyl sites for hydroxylation is 1. The summed E-state index contributed by atoms with van der Waals surface area (Å²) in [5.41, 5.74) is 0.992. The van der Waals surface area contributed by atoms with Crippen molar-refractivity contribution in [1.82, 2.24) is 5.32 Å². The number of ether oxygens (including phenoxy) is 1. The van der Waals surface area contributed by atoms with Crippen LogP contribution in [0, 0.1) is 12.7 Å². The van der Waals surface area contributed by atoms with E-state index in [2.05, 4.69) is 21.2 Å². The number of rotatable bonds is 6. The molecule has 2 aromatic rings. The van der Waals surface area contributed by atoms with Gasteiger partial charge in [0.15, 0.2) is 0 Å². The highest BCUT2D eigenvalue weighted by Gasteiger charge is 2.20. The molecule has 0 aliphatic heterocycles. The molecule has 5 heteroatoms. The topological polar surface area (TPSA) is 34.4 Å². The molecule has 1 aromatic carbocycles. The second-order valence-corrected chi connectivity index (χ2v) is 6.17. The van der Waals surface area contributed by atoms with Crippen molar-refractivity contribution < 1.29 is 13.5 Å². The van der Waals surface area contributed by atoms with E-state index in [4.69, 9.17) is 9.15 Å². The van der Waals surface area contributed by atoms with Crippen molar-refractivity contribution in [3.63, 3.8) is 0 Å². The van der Waals surface area contributed by atoms with Gasteiger partial charge in [0.2, 0.25) is 0 Å². The molecule has 1 heterocycles. The zero-order valence-corrected chi connectivity index (χ0v) is 13.4. The van der Waals surface area contributed by atoms with E-state index in [-0.39, 0.29) is 5.82 Å². The van der Waals surface area contributed by atoms with Gasteiger partial charge in [-0.1, -0.05) is 0 Å². The lowest BCUT2D eigenvalue weighted by atomic mass is 10.2. The molecule has 0 unspecified atom stereocenters. The molecule has 0 radical (unpaired) electrons. The van der Waals surface area contributed by atoms with Crippen LogP contribution in [0.15, 0.2) is 33.2 Å². The van der Waals surface area contributed by atoms with E-state index in [0.29, 0.717) is 22.9 Å². The van der Waals surface area contributed by atoms with Crippen molar-refractivity contribution in [1.29, 1.82) is 0 Å². The van der Waals surface area contributed by atoms with Crippen LogP contribution in [-0.4, -0.2) is 6.04 Å². The van der Waals surface area contributed by atoms with E-state index < -0.39 is 0 Å². The van der Waals surface area contributed by atoms with E-state index in [1.165, 1.54) is 18.9 Å². The van der Waals surface area contributed by atoms with Gasteiger partial charge in [-0.15, -0.1) is 0 Å². The van der Waals surface area contributed by atoms with E-state index in [1.54, 1.807) is 12.1 Å². The van der Waals surface area contributed by atoms with Crippen molar-refractivity contribution in [2.45, 2.75) is 39.0 Å². The molecule has 0 atom stereocenters. The number of furan rings is 1. The Morgan fingerprint density at radius 2 is 2.19 bits per heavy atom. The van der Waals surface area contributed by atoms with Crippen molar-refractivity contribution in [2.24, 2.45) is 0 Å². The molecule has 1 aromatic heterocycles. The van der Waals surface area contributed by atoms with Gasteiger partial charge in [0.25, 0.3) is 0 Å². The highest BCUT2D eigenvalue weighted by molar-refractivity contribution is 9.10. The van der Waals surface area contributed by atoms with Gasteiger partial charge in [0, 0.05) is 17.7 Å². The number of benzene rings is 1. The molecule has 1 fully saturated rings. The minimum absolute atomic E-state index is 0.328. The lowest BCUT2D eigenvalue weighted by molar-refractivity contribution is 0.301. The molecular formula is C16H17BrFNO2. The molecule has 21 heavy (non-hydrogen) atoms. The molecule has 0 amide bonds. The maximum Gasteiger partial charge on any atom is 0.141 e. The van der Waals surface area contributed by atoms with Gasteiger partial charge in [0.1, 0.15) is 29.7 Å². The second-order valence-electron chi connectivity index (χ2n) is 5.31. The van der Waals surface area contributed by atoms with E-state index in [0.717, 1.165) is 23.6 Å². The normalized spacial score (nSPS) is 14.4. The standard InChI is InChI=1S/C16H17BrFNO2/c1-10-11(6-14(21-10)8-19-12-2-3-12)9-20-13-4-5-15(17)16(18)7-13/h4-7,12,19H,2-3,8-9H2,1H3. The van der Waals surface area contributed by atoms with Crippen LogP contribution in [0.5, 0.6) is 5.75 Å². The van der Waals surface area contributed by atoms with Crippen LogP contribution in [0.2, 0.25) is 0 Å². The first-order valence-electron chi connectivity index (χ1n) is 7.01. The molecule has 0 saturated heterocycles. The van der Waals surface area contributed by atoms with Gasteiger partial charge in [0.05, 0.1) is 11.0 Å². The lowest BCUT2D eigenvalue weighted by Crippen LogP contribution is -2.14. The SMILES string of the molecule is Cc1oc(CNC2CC2)cc1COc1ccc(Br)c(F)c1. The predicted octanol–water partition coefficient (Wildman–Crippen LogP) is 4.32. The van der Waals surface area contributed by atoms with Crippen LogP contribution >= 0.6 is 15.9 Å². The fourth-order valence-electron chi connectivity index (χ4n) is 2.08. The fourth-order valence-corrected chi connectivity index (χ4v) is 2.32. The molecule has 1 aliphatic rings. The molecule has 1 N–H and O–H groups in total. The van der Waals surface area contributed by atoms with Gasteiger partial charge in [-0.2, -0.15) is 0 Å². The summed E-state index contributed by atoms with van der Waals surface area (Å²) < 4.78 is 25.2. The van der Waals surface area contributed by atoms with Gasteiger partial charge in [-0.3, -0.25) is 0 Å². The maximum absolute atomic E-state index is 13.4. The Balaban J connectivity index is 1.59. The van der Waals surface area contributed by atoms with Crippen molar-refractivity contribution >= 4 is 15.9 Å². The first kappa shape index (κ1) is 14.6. The zero-order valence-electron chi connectivity index (χ0n) is 11.8. The average Bonchev–Trinajstić information content (AvgIpc) is 3.22. The Kier molecular flexibility index (Phi) is 4.31. The zero-order chi connectivity index (χ0) is 14.8. The fraction of sp³-hybridized carbons (Fsp3) is 0.375. The Labute approximate surface area is 131 Å². The van der Waals surface area contributed by atoms with E-state index in [9.17, 15) is 4.39 Å². The van der Waals surface area contributed by atoms with Gasteiger partial charge >= 0.3 is 0 Å². The average molecular weight is 354 g/mol. The summed E-state index contributed by atoms with van der Waals surface area (Å²) in [4.78, 5) is 0. The number of nitrogens with one attached hydrogen (secondary N) is 1. The largest absolute Gasteiger partial charge is 0.489 e. The summed E-state index contributed by atoms with van der Waals surface area (Å²) in [5, 5.41) is 3.41. The molecule has 1 saturated carbocycles. The van der Waals surface area contributed by atoms with Gasteiger partial charge in [-0.05, 0) is 53.9 Å². The van der Waals surface area contributed by atoms with Crippen LogP contribution in [0.25, 0.3) is 0 Å². The molecule has 0 bridgehead atoms. The first-order chi connectivity index (χ1) is 10.1.